The molecule has 0 radical (unpaired) electrons. The van der Waals surface area contributed by atoms with Gasteiger partial charge in [-0.3, -0.25) is 0 Å². The third-order valence-electron chi connectivity index (χ3n) is 11.1. The minimum Gasteiger partial charge on any atom is -0.456 e. The second-order valence-corrected chi connectivity index (χ2v) is 14.5. The summed E-state index contributed by atoms with van der Waals surface area (Å²) < 4.78 is 6.52. The SMILES string of the molecule is CC1(C)c2ccccc2-c2ccc(N(c3cccc(-c4ccccc4)c3-c3ccccc3-c3ccccc3)c3cccc4oc5ccccc5c34)cc21. The van der Waals surface area contributed by atoms with Crippen molar-refractivity contribution in [1.82, 2.24) is 0 Å². The molecule has 0 bridgehead atoms. The van der Waals surface area contributed by atoms with Crippen LogP contribution in [0.2, 0.25) is 0 Å². The molecule has 2 nitrogen and oxygen atoms in total. The molecule has 1 aliphatic carbocycles. The second kappa shape index (κ2) is 12.3. The Morgan fingerprint density at radius 2 is 0.981 bits per heavy atom. The van der Waals surface area contributed by atoms with Crippen molar-refractivity contribution in [2.75, 3.05) is 4.90 Å². The molecule has 0 spiro atoms. The number of nitrogens with zero attached hydrogens (tertiary/aromatic N) is 1. The molecule has 1 aromatic heterocycles. The van der Waals surface area contributed by atoms with Gasteiger partial charge in [0.2, 0.25) is 0 Å². The van der Waals surface area contributed by atoms with Gasteiger partial charge in [-0.05, 0) is 86.5 Å². The molecule has 1 aliphatic rings. The molecule has 0 atom stereocenters. The fourth-order valence-corrected chi connectivity index (χ4v) is 8.62. The first-order valence-electron chi connectivity index (χ1n) is 18.4. The lowest BCUT2D eigenvalue weighted by atomic mass is 9.82. The highest BCUT2D eigenvalue weighted by Crippen LogP contribution is 2.53. The number of para-hydroxylation sites is 1. The predicted octanol–water partition coefficient (Wildman–Crippen LogP) is 14.4. The van der Waals surface area contributed by atoms with Gasteiger partial charge in [0.15, 0.2) is 0 Å². The summed E-state index contributed by atoms with van der Waals surface area (Å²) >= 11 is 0. The van der Waals surface area contributed by atoms with E-state index in [2.05, 4.69) is 201 Å². The Morgan fingerprint density at radius 1 is 0.415 bits per heavy atom. The van der Waals surface area contributed by atoms with Gasteiger partial charge in [-0.15, -0.1) is 0 Å². The number of anilines is 3. The Balaban J connectivity index is 1.32. The molecular weight excluding hydrogens is 643 g/mol. The average molecular weight is 680 g/mol. The van der Waals surface area contributed by atoms with Crippen LogP contribution in [0.25, 0.3) is 66.4 Å². The normalized spacial score (nSPS) is 12.9. The maximum absolute atomic E-state index is 6.52. The largest absolute Gasteiger partial charge is 0.456 e. The van der Waals surface area contributed by atoms with E-state index in [1.807, 2.05) is 6.07 Å². The van der Waals surface area contributed by atoms with Crippen LogP contribution < -0.4 is 4.90 Å². The van der Waals surface area contributed by atoms with E-state index in [4.69, 9.17) is 4.42 Å². The zero-order valence-electron chi connectivity index (χ0n) is 29.8. The van der Waals surface area contributed by atoms with Crippen LogP contribution in [-0.4, -0.2) is 0 Å². The van der Waals surface area contributed by atoms with Gasteiger partial charge in [0.1, 0.15) is 11.2 Å². The molecule has 10 rings (SSSR count). The minimum atomic E-state index is -0.156. The fourth-order valence-electron chi connectivity index (χ4n) is 8.62. The van der Waals surface area contributed by atoms with Gasteiger partial charge >= 0.3 is 0 Å². The third-order valence-corrected chi connectivity index (χ3v) is 11.1. The molecule has 0 saturated heterocycles. The van der Waals surface area contributed by atoms with Crippen molar-refractivity contribution in [3.8, 4) is 44.5 Å². The van der Waals surface area contributed by atoms with E-state index >= 15 is 0 Å². The highest BCUT2D eigenvalue weighted by atomic mass is 16.3. The standard InChI is InChI=1S/C51H37NO/c1-51(2)43-26-13-11-22-39(43)40-32-31-36(33-44(40)51)52(46-28-16-30-48-50(46)42-24-12-14-29-47(42)53-48)45-27-15-25-38(35-19-7-4-8-20-35)49(45)41-23-10-9-21-37(41)34-17-5-3-6-18-34/h3-33H,1-2H3. The van der Waals surface area contributed by atoms with Crippen molar-refractivity contribution in [2.24, 2.45) is 0 Å². The molecule has 8 aromatic carbocycles. The lowest BCUT2D eigenvalue weighted by molar-refractivity contribution is 0.660. The Kier molecular flexibility index (Phi) is 7.19. The van der Waals surface area contributed by atoms with E-state index in [1.54, 1.807) is 0 Å². The predicted molar refractivity (Wildman–Crippen MR) is 222 cm³/mol. The molecule has 0 saturated carbocycles. The molecule has 1 heterocycles. The van der Waals surface area contributed by atoms with Crippen LogP contribution >= 0.6 is 0 Å². The third kappa shape index (κ3) is 4.94. The summed E-state index contributed by atoms with van der Waals surface area (Å²) in [5.41, 5.74) is 17.3. The van der Waals surface area contributed by atoms with Crippen molar-refractivity contribution in [3.63, 3.8) is 0 Å². The number of benzene rings is 8. The van der Waals surface area contributed by atoms with Crippen LogP contribution in [0.4, 0.5) is 17.1 Å². The molecule has 0 unspecified atom stereocenters. The summed E-state index contributed by atoms with van der Waals surface area (Å²) in [6.45, 7) is 4.71. The topological polar surface area (TPSA) is 16.4 Å². The number of fused-ring (bicyclic) bond motifs is 6. The molecule has 53 heavy (non-hydrogen) atoms. The van der Waals surface area contributed by atoms with Gasteiger partial charge < -0.3 is 9.32 Å². The molecule has 0 amide bonds. The van der Waals surface area contributed by atoms with E-state index in [9.17, 15) is 0 Å². The molecule has 0 fully saturated rings. The van der Waals surface area contributed by atoms with Crippen molar-refractivity contribution >= 4 is 39.0 Å². The summed E-state index contributed by atoms with van der Waals surface area (Å²) in [4.78, 5) is 2.48. The Hall–Kier alpha value is -6.64. The van der Waals surface area contributed by atoms with E-state index in [0.717, 1.165) is 39.0 Å². The number of furan rings is 1. The molecule has 0 aliphatic heterocycles. The van der Waals surface area contributed by atoms with Gasteiger partial charge in [0, 0.05) is 22.1 Å². The maximum atomic E-state index is 6.52. The van der Waals surface area contributed by atoms with Crippen LogP contribution in [0.3, 0.4) is 0 Å². The van der Waals surface area contributed by atoms with Crippen molar-refractivity contribution in [2.45, 2.75) is 19.3 Å². The average Bonchev–Trinajstić information content (AvgIpc) is 3.71. The van der Waals surface area contributed by atoms with Crippen LogP contribution in [0.15, 0.2) is 192 Å². The number of hydrogen-bond donors (Lipinski definition) is 0. The lowest BCUT2D eigenvalue weighted by Crippen LogP contribution is -2.17. The van der Waals surface area contributed by atoms with Crippen LogP contribution in [0, 0.1) is 0 Å². The van der Waals surface area contributed by atoms with Crippen LogP contribution in [-0.2, 0) is 5.41 Å². The van der Waals surface area contributed by atoms with Crippen LogP contribution in [0.5, 0.6) is 0 Å². The maximum Gasteiger partial charge on any atom is 0.137 e. The van der Waals surface area contributed by atoms with E-state index in [1.165, 1.54) is 55.6 Å². The fraction of sp³-hybridized carbons (Fsp3) is 0.0588. The molecule has 252 valence electrons. The van der Waals surface area contributed by atoms with E-state index in [0.29, 0.717) is 0 Å². The summed E-state index contributed by atoms with van der Waals surface area (Å²) in [5, 5.41) is 2.20. The molecule has 9 aromatic rings. The molecular formula is C51H37NO. The minimum absolute atomic E-state index is 0.156. The van der Waals surface area contributed by atoms with Gasteiger partial charge in [-0.1, -0.05) is 166 Å². The summed E-state index contributed by atoms with van der Waals surface area (Å²) in [6.07, 6.45) is 0. The summed E-state index contributed by atoms with van der Waals surface area (Å²) in [6, 6.07) is 67.9. The smallest absolute Gasteiger partial charge is 0.137 e. The quantitative estimate of drug-likeness (QED) is 0.174. The van der Waals surface area contributed by atoms with Gasteiger partial charge in [-0.25, -0.2) is 0 Å². The molecule has 0 N–H and O–H groups in total. The Labute approximate surface area is 310 Å². The second-order valence-electron chi connectivity index (χ2n) is 14.5. The summed E-state index contributed by atoms with van der Waals surface area (Å²) in [7, 11) is 0. The number of hydrogen-bond acceptors (Lipinski definition) is 2. The van der Waals surface area contributed by atoms with Gasteiger partial charge in [-0.2, -0.15) is 0 Å². The monoisotopic (exact) mass is 679 g/mol. The summed E-state index contributed by atoms with van der Waals surface area (Å²) in [5.74, 6) is 0. The highest BCUT2D eigenvalue weighted by Gasteiger charge is 2.36. The van der Waals surface area contributed by atoms with Crippen molar-refractivity contribution in [1.29, 1.82) is 0 Å². The van der Waals surface area contributed by atoms with Gasteiger partial charge in [0.05, 0.1) is 16.8 Å². The van der Waals surface area contributed by atoms with Gasteiger partial charge in [0.25, 0.3) is 0 Å². The zero-order chi connectivity index (χ0) is 35.5. The first-order chi connectivity index (χ1) is 26.1. The Bertz CT molecular complexity index is 2810. The zero-order valence-corrected chi connectivity index (χ0v) is 29.8. The first kappa shape index (κ1) is 31.1. The first-order valence-corrected chi connectivity index (χ1v) is 18.4. The lowest BCUT2D eigenvalue weighted by Gasteiger charge is -2.31. The van der Waals surface area contributed by atoms with Crippen molar-refractivity contribution < 1.29 is 4.42 Å². The van der Waals surface area contributed by atoms with E-state index < -0.39 is 0 Å². The van der Waals surface area contributed by atoms with E-state index in [-0.39, 0.29) is 5.41 Å². The number of rotatable bonds is 6. The molecule has 2 heteroatoms. The van der Waals surface area contributed by atoms with Crippen LogP contribution in [0.1, 0.15) is 25.0 Å². The highest BCUT2D eigenvalue weighted by molar-refractivity contribution is 6.14. The van der Waals surface area contributed by atoms with Crippen molar-refractivity contribution in [3.05, 3.63) is 199 Å². The Morgan fingerprint density at radius 3 is 1.77 bits per heavy atom.